The smallest absolute Gasteiger partial charge is 0.305 e. The molecule has 0 heterocycles. The molecule has 22 heavy (non-hydrogen) atoms. The number of carbonyl (C=O) groups excluding carboxylic acids is 1. The number of nitrogens with zero attached hydrogens (tertiary/aromatic N) is 1. The van der Waals surface area contributed by atoms with Crippen molar-refractivity contribution in [3.63, 3.8) is 0 Å². The van der Waals surface area contributed by atoms with Crippen LogP contribution in [0.5, 0.6) is 5.75 Å². The predicted octanol–water partition coefficient (Wildman–Crippen LogP) is 3.19. The van der Waals surface area contributed by atoms with Gasteiger partial charge in [0.25, 0.3) is 5.91 Å². The van der Waals surface area contributed by atoms with Crippen LogP contribution in [-0.4, -0.2) is 41.1 Å². The van der Waals surface area contributed by atoms with Gasteiger partial charge in [-0.05, 0) is 44.5 Å². The molecule has 1 aromatic rings. The van der Waals surface area contributed by atoms with E-state index in [9.17, 15) is 9.59 Å². The molecule has 1 aromatic carbocycles. The van der Waals surface area contributed by atoms with E-state index in [4.69, 9.17) is 9.84 Å². The van der Waals surface area contributed by atoms with E-state index in [0.29, 0.717) is 12.2 Å². The average molecular weight is 307 g/mol. The van der Waals surface area contributed by atoms with Crippen molar-refractivity contribution in [1.29, 1.82) is 0 Å². The van der Waals surface area contributed by atoms with Crippen molar-refractivity contribution in [2.75, 3.05) is 13.2 Å². The molecule has 0 aliphatic rings. The maximum Gasteiger partial charge on any atom is 0.305 e. The Morgan fingerprint density at radius 2 is 1.86 bits per heavy atom. The normalized spacial score (nSPS) is 10.5. The van der Waals surface area contributed by atoms with Crippen LogP contribution >= 0.6 is 0 Å². The van der Waals surface area contributed by atoms with E-state index in [-0.39, 0.29) is 24.9 Å². The van der Waals surface area contributed by atoms with Gasteiger partial charge in [-0.1, -0.05) is 13.3 Å². The van der Waals surface area contributed by atoms with E-state index < -0.39 is 5.97 Å². The molecule has 5 nitrogen and oxygen atoms in total. The number of hydrogen-bond donors (Lipinski definition) is 1. The largest absolute Gasteiger partial charge is 0.494 e. The summed E-state index contributed by atoms with van der Waals surface area (Å²) in [6.07, 6.45) is 2.02. The lowest BCUT2D eigenvalue weighted by Crippen LogP contribution is -2.38. The fraction of sp³-hybridized carbons (Fsp3) is 0.529. The number of amides is 1. The summed E-state index contributed by atoms with van der Waals surface area (Å²) in [5.74, 6) is -0.318. The molecular weight excluding hydrogens is 282 g/mol. The summed E-state index contributed by atoms with van der Waals surface area (Å²) in [5, 5.41) is 8.78. The van der Waals surface area contributed by atoms with Gasteiger partial charge in [0, 0.05) is 18.2 Å². The van der Waals surface area contributed by atoms with Gasteiger partial charge in [-0.3, -0.25) is 9.59 Å². The molecule has 122 valence electrons. The van der Waals surface area contributed by atoms with Gasteiger partial charge in [-0.25, -0.2) is 0 Å². The Labute approximate surface area is 131 Å². The molecule has 0 atom stereocenters. The molecule has 0 aliphatic heterocycles. The first-order valence-electron chi connectivity index (χ1n) is 7.71. The fourth-order valence-electron chi connectivity index (χ4n) is 2.00. The number of ether oxygens (including phenoxy) is 1. The maximum absolute atomic E-state index is 12.5. The highest BCUT2D eigenvalue weighted by Crippen LogP contribution is 2.15. The SMILES string of the molecule is CCCCOc1ccc(C(=O)N(CCC(=O)O)C(C)C)cc1. The minimum absolute atomic E-state index is 0.0488. The Morgan fingerprint density at radius 1 is 1.23 bits per heavy atom. The van der Waals surface area contributed by atoms with Crippen molar-refractivity contribution in [1.82, 2.24) is 4.90 Å². The van der Waals surface area contributed by atoms with Crippen LogP contribution in [0.1, 0.15) is 50.4 Å². The van der Waals surface area contributed by atoms with Crippen molar-refractivity contribution >= 4 is 11.9 Å². The van der Waals surface area contributed by atoms with E-state index >= 15 is 0 Å². The van der Waals surface area contributed by atoms with E-state index in [0.717, 1.165) is 18.6 Å². The summed E-state index contributed by atoms with van der Waals surface area (Å²) in [6, 6.07) is 6.95. The molecule has 0 saturated heterocycles. The van der Waals surface area contributed by atoms with Gasteiger partial charge in [-0.2, -0.15) is 0 Å². The molecule has 1 amide bonds. The lowest BCUT2D eigenvalue weighted by atomic mass is 10.1. The average Bonchev–Trinajstić information content (AvgIpc) is 2.47. The molecule has 0 bridgehead atoms. The van der Waals surface area contributed by atoms with Crippen molar-refractivity contribution in [3.8, 4) is 5.75 Å². The van der Waals surface area contributed by atoms with Gasteiger partial charge in [0.05, 0.1) is 13.0 Å². The van der Waals surface area contributed by atoms with Gasteiger partial charge < -0.3 is 14.7 Å². The third-order valence-electron chi connectivity index (χ3n) is 3.32. The van der Waals surface area contributed by atoms with Gasteiger partial charge in [0.15, 0.2) is 0 Å². The highest BCUT2D eigenvalue weighted by molar-refractivity contribution is 5.94. The number of benzene rings is 1. The number of aliphatic carboxylic acids is 1. The molecule has 5 heteroatoms. The van der Waals surface area contributed by atoms with E-state index in [1.807, 2.05) is 13.8 Å². The Kier molecular flexibility index (Phi) is 7.43. The first-order valence-corrected chi connectivity index (χ1v) is 7.71. The van der Waals surface area contributed by atoms with Gasteiger partial charge in [0.2, 0.25) is 0 Å². The number of carboxylic acids is 1. The van der Waals surface area contributed by atoms with Crippen LogP contribution in [0.2, 0.25) is 0 Å². The second-order valence-corrected chi connectivity index (χ2v) is 5.46. The van der Waals surface area contributed by atoms with Crippen molar-refractivity contribution in [2.45, 2.75) is 46.1 Å². The van der Waals surface area contributed by atoms with Crippen LogP contribution in [0.25, 0.3) is 0 Å². The topological polar surface area (TPSA) is 66.8 Å². The third kappa shape index (κ3) is 5.76. The summed E-state index contributed by atoms with van der Waals surface area (Å²) in [7, 11) is 0. The highest BCUT2D eigenvalue weighted by atomic mass is 16.5. The van der Waals surface area contributed by atoms with Crippen molar-refractivity contribution < 1.29 is 19.4 Å². The zero-order chi connectivity index (χ0) is 16.5. The Balaban J connectivity index is 2.71. The molecular formula is C17H25NO4. The van der Waals surface area contributed by atoms with E-state index in [1.165, 1.54) is 0 Å². The Hall–Kier alpha value is -2.04. The second-order valence-electron chi connectivity index (χ2n) is 5.46. The highest BCUT2D eigenvalue weighted by Gasteiger charge is 2.19. The first kappa shape index (κ1) is 18.0. The molecule has 0 aliphatic carbocycles. The molecule has 0 spiro atoms. The van der Waals surface area contributed by atoms with Crippen LogP contribution in [0.15, 0.2) is 24.3 Å². The molecule has 1 N–H and O–H groups in total. The standard InChI is InChI=1S/C17H25NO4/c1-4-5-12-22-15-8-6-14(7-9-15)17(21)18(13(2)3)11-10-16(19)20/h6-9,13H,4-5,10-12H2,1-3H3,(H,19,20). The van der Waals surface area contributed by atoms with Crippen molar-refractivity contribution in [3.05, 3.63) is 29.8 Å². The summed E-state index contributed by atoms with van der Waals surface area (Å²) in [4.78, 5) is 24.7. The predicted molar refractivity (Wildman–Crippen MR) is 85.3 cm³/mol. The maximum atomic E-state index is 12.5. The van der Waals surface area contributed by atoms with E-state index in [2.05, 4.69) is 6.92 Å². The third-order valence-corrected chi connectivity index (χ3v) is 3.32. The van der Waals surface area contributed by atoms with Crippen LogP contribution in [-0.2, 0) is 4.79 Å². The van der Waals surface area contributed by atoms with Gasteiger partial charge in [-0.15, -0.1) is 0 Å². The van der Waals surface area contributed by atoms with Gasteiger partial charge in [0.1, 0.15) is 5.75 Å². The minimum atomic E-state index is -0.905. The summed E-state index contributed by atoms with van der Waals surface area (Å²) in [6.45, 7) is 6.73. The number of unbranched alkanes of at least 4 members (excludes halogenated alkanes) is 1. The zero-order valence-electron chi connectivity index (χ0n) is 13.5. The fourth-order valence-corrected chi connectivity index (χ4v) is 2.00. The summed E-state index contributed by atoms with van der Waals surface area (Å²) in [5.41, 5.74) is 0.543. The number of carbonyl (C=O) groups is 2. The zero-order valence-corrected chi connectivity index (χ0v) is 13.5. The monoisotopic (exact) mass is 307 g/mol. The molecule has 0 unspecified atom stereocenters. The quantitative estimate of drug-likeness (QED) is 0.711. The number of carboxylic acid groups (broad SMARTS) is 1. The Morgan fingerprint density at radius 3 is 2.36 bits per heavy atom. The minimum Gasteiger partial charge on any atom is -0.494 e. The van der Waals surface area contributed by atoms with Crippen LogP contribution in [0.4, 0.5) is 0 Å². The number of rotatable bonds is 9. The second kappa shape index (κ2) is 9.07. The molecule has 0 aromatic heterocycles. The van der Waals surface area contributed by atoms with E-state index in [1.54, 1.807) is 29.2 Å². The lowest BCUT2D eigenvalue weighted by molar-refractivity contribution is -0.137. The van der Waals surface area contributed by atoms with Gasteiger partial charge >= 0.3 is 5.97 Å². The van der Waals surface area contributed by atoms with Crippen LogP contribution < -0.4 is 4.74 Å². The van der Waals surface area contributed by atoms with Crippen molar-refractivity contribution in [2.24, 2.45) is 0 Å². The molecule has 0 saturated carbocycles. The van der Waals surface area contributed by atoms with Crippen LogP contribution in [0, 0.1) is 0 Å². The van der Waals surface area contributed by atoms with Crippen LogP contribution in [0.3, 0.4) is 0 Å². The summed E-state index contributed by atoms with van der Waals surface area (Å²) >= 11 is 0. The molecule has 1 rings (SSSR count). The Bertz CT molecular complexity index is 482. The molecule has 0 radical (unpaired) electrons. The first-order chi connectivity index (χ1) is 10.5. The summed E-state index contributed by atoms with van der Waals surface area (Å²) < 4.78 is 5.57. The lowest BCUT2D eigenvalue weighted by Gasteiger charge is -2.26. The molecule has 0 fully saturated rings. The number of hydrogen-bond acceptors (Lipinski definition) is 3.